The molecule has 0 radical (unpaired) electrons. The molecule has 1 aliphatic rings. The molecule has 2 nitrogen and oxygen atoms in total. The number of rotatable bonds is 4. The Morgan fingerprint density at radius 1 is 1.60 bits per heavy atom. The molecule has 0 aromatic heterocycles. The molecule has 0 aliphatic carbocycles. The molecule has 1 rings (SSSR count). The van der Waals surface area contributed by atoms with Crippen molar-refractivity contribution in [1.29, 1.82) is 0 Å². The minimum Gasteiger partial charge on any atom is -0.330 e. The molecule has 0 bridgehead atoms. The van der Waals surface area contributed by atoms with Gasteiger partial charge in [-0.05, 0) is 19.4 Å². The van der Waals surface area contributed by atoms with Crippen molar-refractivity contribution in [3.05, 3.63) is 0 Å². The maximum Gasteiger partial charge on any atom is 0.0158 e. The maximum absolute atomic E-state index is 5.37. The van der Waals surface area contributed by atoms with E-state index in [1.807, 2.05) is 11.8 Å². The zero-order valence-electron chi connectivity index (χ0n) is 6.31. The van der Waals surface area contributed by atoms with E-state index in [2.05, 4.69) is 5.32 Å². The first-order valence-corrected chi connectivity index (χ1v) is 5.10. The van der Waals surface area contributed by atoms with Crippen LogP contribution in [0, 0.1) is 0 Å². The van der Waals surface area contributed by atoms with Crippen molar-refractivity contribution in [3.8, 4) is 0 Å². The fourth-order valence-corrected chi connectivity index (χ4v) is 2.11. The quantitative estimate of drug-likeness (QED) is 0.586. The van der Waals surface area contributed by atoms with Crippen LogP contribution in [0.3, 0.4) is 0 Å². The molecule has 1 aliphatic heterocycles. The Kier molecular flexibility index (Phi) is 4.18. The normalized spacial score (nSPS) is 25.5. The van der Waals surface area contributed by atoms with Gasteiger partial charge in [0.1, 0.15) is 0 Å². The Morgan fingerprint density at radius 2 is 2.50 bits per heavy atom. The van der Waals surface area contributed by atoms with Crippen molar-refractivity contribution in [3.63, 3.8) is 0 Å². The molecule has 0 amide bonds. The molecule has 1 heterocycles. The summed E-state index contributed by atoms with van der Waals surface area (Å²) in [5.41, 5.74) is 5.37. The molecule has 1 fully saturated rings. The van der Waals surface area contributed by atoms with Gasteiger partial charge in [0.2, 0.25) is 0 Å². The first kappa shape index (κ1) is 8.37. The highest BCUT2D eigenvalue weighted by Gasteiger charge is 2.12. The third kappa shape index (κ3) is 2.90. The van der Waals surface area contributed by atoms with Gasteiger partial charge in [0.05, 0.1) is 0 Å². The summed E-state index contributed by atoms with van der Waals surface area (Å²) in [7, 11) is 0. The van der Waals surface area contributed by atoms with Gasteiger partial charge in [-0.1, -0.05) is 0 Å². The van der Waals surface area contributed by atoms with Crippen molar-refractivity contribution in [2.75, 3.05) is 24.6 Å². The Labute approximate surface area is 66.9 Å². The summed E-state index contributed by atoms with van der Waals surface area (Å²) in [5, 5.41) is 3.45. The molecule has 1 atom stereocenters. The Balaban J connectivity index is 1.91. The van der Waals surface area contributed by atoms with Crippen LogP contribution in [-0.2, 0) is 0 Å². The lowest BCUT2D eigenvalue weighted by molar-refractivity contribution is 0.674. The van der Waals surface area contributed by atoms with E-state index >= 15 is 0 Å². The van der Waals surface area contributed by atoms with E-state index in [4.69, 9.17) is 5.73 Å². The van der Waals surface area contributed by atoms with Crippen LogP contribution >= 0.6 is 11.8 Å². The Bertz CT molecular complexity index is 81.7. The van der Waals surface area contributed by atoms with E-state index in [1.165, 1.54) is 25.1 Å². The topological polar surface area (TPSA) is 38.0 Å². The van der Waals surface area contributed by atoms with Crippen LogP contribution in [0.15, 0.2) is 0 Å². The second kappa shape index (κ2) is 4.99. The van der Waals surface area contributed by atoms with Gasteiger partial charge in [0.25, 0.3) is 0 Å². The number of thioether (sulfide) groups is 1. The van der Waals surface area contributed by atoms with Gasteiger partial charge in [0, 0.05) is 24.1 Å². The molecular formula is C7H16N2S. The van der Waals surface area contributed by atoms with Crippen LogP contribution < -0.4 is 11.1 Å². The average Bonchev–Trinajstić information content (AvgIpc) is 2.41. The van der Waals surface area contributed by atoms with Crippen LogP contribution in [0.2, 0.25) is 0 Å². The average molecular weight is 160 g/mol. The van der Waals surface area contributed by atoms with Crippen LogP contribution in [0.1, 0.15) is 12.8 Å². The van der Waals surface area contributed by atoms with Gasteiger partial charge in [-0.2, -0.15) is 11.8 Å². The van der Waals surface area contributed by atoms with E-state index in [9.17, 15) is 0 Å². The molecular weight excluding hydrogens is 144 g/mol. The SMILES string of the molecule is NCCSC[C@@H]1CCCN1. The van der Waals surface area contributed by atoms with Crippen molar-refractivity contribution >= 4 is 11.8 Å². The van der Waals surface area contributed by atoms with Gasteiger partial charge >= 0.3 is 0 Å². The van der Waals surface area contributed by atoms with Crippen molar-refractivity contribution < 1.29 is 0 Å². The third-order valence-corrected chi connectivity index (χ3v) is 2.91. The molecule has 60 valence electrons. The van der Waals surface area contributed by atoms with Crippen molar-refractivity contribution in [1.82, 2.24) is 5.32 Å². The summed E-state index contributed by atoms with van der Waals surface area (Å²) in [6.45, 7) is 2.03. The third-order valence-electron chi connectivity index (χ3n) is 1.74. The highest BCUT2D eigenvalue weighted by Crippen LogP contribution is 2.10. The summed E-state index contributed by atoms with van der Waals surface area (Å²) in [4.78, 5) is 0. The van der Waals surface area contributed by atoms with Crippen LogP contribution in [0.5, 0.6) is 0 Å². The zero-order chi connectivity index (χ0) is 7.23. The Hall–Kier alpha value is 0.270. The Morgan fingerprint density at radius 3 is 3.10 bits per heavy atom. The summed E-state index contributed by atoms with van der Waals surface area (Å²) in [6, 6.07) is 0.775. The predicted molar refractivity (Wildman–Crippen MR) is 47.4 cm³/mol. The minimum atomic E-state index is 0.775. The largest absolute Gasteiger partial charge is 0.330 e. The fraction of sp³-hybridized carbons (Fsp3) is 1.00. The number of hydrogen-bond acceptors (Lipinski definition) is 3. The van der Waals surface area contributed by atoms with E-state index in [0.717, 1.165) is 18.3 Å². The summed E-state index contributed by atoms with van der Waals surface area (Å²) in [6.07, 6.45) is 2.71. The lowest BCUT2D eigenvalue weighted by Crippen LogP contribution is -2.24. The molecule has 0 aromatic rings. The first-order valence-electron chi connectivity index (χ1n) is 3.94. The lowest BCUT2D eigenvalue weighted by Gasteiger charge is -2.07. The van der Waals surface area contributed by atoms with E-state index in [0.29, 0.717) is 0 Å². The number of hydrogen-bond donors (Lipinski definition) is 2. The second-order valence-electron chi connectivity index (χ2n) is 2.66. The molecule has 10 heavy (non-hydrogen) atoms. The van der Waals surface area contributed by atoms with E-state index < -0.39 is 0 Å². The van der Waals surface area contributed by atoms with Crippen molar-refractivity contribution in [2.45, 2.75) is 18.9 Å². The van der Waals surface area contributed by atoms with Crippen LogP contribution in [0.25, 0.3) is 0 Å². The monoisotopic (exact) mass is 160 g/mol. The highest BCUT2D eigenvalue weighted by molar-refractivity contribution is 7.99. The molecule has 0 saturated carbocycles. The summed E-state index contributed by atoms with van der Waals surface area (Å²) < 4.78 is 0. The predicted octanol–water partition coefficient (Wildman–Crippen LogP) is 0.430. The van der Waals surface area contributed by atoms with Gasteiger partial charge in [-0.25, -0.2) is 0 Å². The smallest absolute Gasteiger partial charge is 0.0158 e. The number of nitrogens with two attached hydrogens (primary N) is 1. The standard InChI is InChI=1S/C7H16N2S/c8-3-5-10-6-7-2-1-4-9-7/h7,9H,1-6,8H2/t7-/m0/s1. The van der Waals surface area contributed by atoms with Gasteiger partial charge in [-0.3, -0.25) is 0 Å². The zero-order valence-corrected chi connectivity index (χ0v) is 7.12. The highest BCUT2D eigenvalue weighted by atomic mass is 32.2. The molecule has 0 unspecified atom stereocenters. The minimum absolute atomic E-state index is 0.775. The maximum atomic E-state index is 5.37. The molecule has 0 spiro atoms. The molecule has 3 heteroatoms. The van der Waals surface area contributed by atoms with E-state index in [1.54, 1.807) is 0 Å². The van der Waals surface area contributed by atoms with Gasteiger partial charge < -0.3 is 11.1 Å². The molecule has 0 aromatic carbocycles. The van der Waals surface area contributed by atoms with Crippen molar-refractivity contribution in [2.24, 2.45) is 5.73 Å². The van der Waals surface area contributed by atoms with E-state index in [-0.39, 0.29) is 0 Å². The van der Waals surface area contributed by atoms with Crippen LogP contribution in [-0.4, -0.2) is 30.6 Å². The van der Waals surface area contributed by atoms with Crippen LogP contribution in [0.4, 0.5) is 0 Å². The van der Waals surface area contributed by atoms with Gasteiger partial charge in [0.15, 0.2) is 0 Å². The number of nitrogens with one attached hydrogen (secondary N) is 1. The lowest BCUT2D eigenvalue weighted by atomic mass is 10.3. The first-order chi connectivity index (χ1) is 4.93. The van der Waals surface area contributed by atoms with Gasteiger partial charge in [-0.15, -0.1) is 0 Å². The fourth-order valence-electron chi connectivity index (χ4n) is 1.21. The second-order valence-corrected chi connectivity index (χ2v) is 3.81. The molecule has 3 N–H and O–H groups in total. The summed E-state index contributed by atoms with van der Waals surface area (Å²) in [5.74, 6) is 2.36. The summed E-state index contributed by atoms with van der Waals surface area (Å²) >= 11 is 1.96. The molecule has 1 saturated heterocycles.